The highest BCUT2D eigenvalue weighted by molar-refractivity contribution is 5.92. The van der Waals surface area contributed by atoms with Crippen molar-refractivity contribution >= 4 is 11.3 Å². The third kappa shape index (κ3) is 7.03. The van der Waals surface area contributed by atoms with Gasteiger partial charge in [-0.25, -0.2) is 0 Å². The normalized spacial score (nSPS) is 21.0. The van der Waals surface area contributed by atoms with Crippen molar-refractivity contribution in [1.82, 2.24) is 0 Å². The molecule has 0 saturated carbocycles. The lowest BCUT2D eigenvalue weighted by Crippen LogP contribution is -2.21. The Morgan fingerprint density at radius 2 is 1.21 bits per heavy atom. The van der Waals surface area contributed by atoms with E-state index < -0.39 is 0 Å². The fourth-order valence-electron chi connectivity index (χ4n) is 12.6. The lowest BCUT2D eigenvalue weighted by molar-refractivity contribution is 0.510. The van der Waals surface area contributed by atoms with E-state index in [1.807, 2.05) is 0 Å². The fourth-order valence-corrected chi connectivity index (χ4v) is 12.6. The molecule has 1 aliphatic heterocycles. The Morgan fingerprint density at radius 3 is 2.05 bits per heavy atom. The molecule has 0 amide bonds. The maximum Gasteiger partial charge on any atom is 0.0816 e. The molecule has 12 rings (SSSR count). The van der Waals surface area contributed by atoms with Crippen LogP contribution >= 0.6 is 0 Å². The number of nitrogens with zero attached hydrogens (tertiary/aromatic N) is 1. The van der Waals surface area contributed by atoms with E-state index in [1.165, 1.54) is 106 Å². The quantitative estimate of drug-likeness (QED) is 0.144. The predicted octanol–water partition coefficient (Wildman–Crippen LogP) is 16.9. The van der Waals surface area contributed by atoms with Gasteiger partial charge in [0.1, 0.15) is 0 Å². The second-order valence-corrected chi connectivity index (χ2v) is 19.4. The number of hydrogen-bond donors (Lipinski definition) is 0. The Bertz CT molecular complexity index is 3170. The average molecular weight is 852 g/mol. The van der Waals surface area contributed by atoms with Gasteiger partial charge in [0.05, 0.1) is 6.04 Å². The molecule has 0 bridgehead atoms. The largest absolute Gasteiger partial charge is 0.285 e. The molecule has 0 N–H and O–H groups in total. The predicted molar refractivity (Wildman–Crippen MR) is 277 cm³/mol. The summed E-state index contributed by atoms with van der Waals surface area (Å²) in [6.07, 6.45) is 9.71. The zero-order valence-electron chi connectivity index (χ0n) is 38.3. The van der Waals surface area contributed by atoms with E-state index in [4.69, 9.17) is 4.99 Å². The molecule has 8 aromatic rings. The van der Waals surface area contributed by atoms with Gasteiger partial charge in [-0.15, -0.1) is 0 Å². The van der Waals surface area contributed by atoms with E-state index >= 15 is 0 Å². The van der Waals surface area contributed by atoms with Gasteiger partial charge in [0.2, 0.25) is 0 Å². The summed E-state index contributed by atoms with van der Waals surface area (Å²) in [7, 11) is 0. The summed E-state index contributed by atoms with van der Waals surface area (Å²) >= 11 is 0. The summed E-state index contributed by atoms with van der Waals surface area (Å²) < 4.78 is 0. The van der Waals surface area contributed by atoms with Gasteiger partial charge < -0.3 is 0 Å². The third-order valence-corrected chi connectivity index (χ3v) is 15.8. The Morgan fingerprint density at radius 1 is 0.545 bits per heavy atom. The molecular formula is C65H57N. The molecular weight excluding hydrogens is 795 g/mol. The van der Waals surface area contributed by atoms with E-state index in [0.717, 1.165) is 44.9 Å². The van der Waals surface area contributed by atoms with Crippen LogP contribution in [0.25, 0.3) is 50.1 Å². The van der Waals surface area contributed by atoms with Crippen molar-refractivity contribution < 1.29 is 0 Å². The standard InChI is InChI=1S/C65H57N/c1-3-49-52(43-18-6-4-7-19-43)34-32-42(2)62(66-65(49)45-21-8-5-9-22-45)39-38-60-57-29-15-14-28-56(57)59-37-36-58-53(35-33-44-20-10-13-27-54(44)63(58)64(59)60)47-25-16-24-46(40-47)51-30-17-31-55-50-26-12-11-23-48(50)41-61(51)55/h4-31,34,36-37,40,42,49,53,60,65H,3,32-33,35,38-39,41H2,1-2H3/b52-34+,66-62?. The number of benzene rings is 8. The highest BCUT2D eigenvalue weighted by Crippen LogP contribution is 2.55. The van der Waals surface area contributed by atoms with Crippen LogP contribution in [-0.4, -0.2) is 5.71 Å². The molecule has 1 heterocycles. The van der Waals surface area contributed by atoms with Gasteiger partial charge in [-0.2, -0.15) is 0 Å². The molecule has 0 fully saturated rings. The Kier molecular flexibility index (Phi) is 10.6. The van der Waals surface area contributed by atoms with E-state index in [2.05, 4.69) is 208 Å². The zero-order valence-corrected chi connectivity index (χ0v) is 38.3. The molecule has 0 spiro atoms. The van der Waals surface area contributed by atoms with Crippen molar-refractivity contribution in [3.63, 3.8) is 0 Å². The minimum atomic E-state index is 0.0653. The number of fused-ring (bicyclic) bond motifs is 10. The van der Waals surface area contributed by atoms with Crippen LogP contribution in [0.1, 0.15) is 114 Å². The first-order chi connectivity index (χ1) is 32.6. The molecule has 1 nitrogen and oxygen atoms in total. The molecule has 0 radical (unpaired) electrons. The number of hydrogen-bond acceptors (Lipinski definition) is 1. The first-order valence-corrected chi connectivity index (χ1v) is 24.6. The van der Waals surface area contributed by atoms with Crippen molar-refractivity contribution in [3.8, 4) is 44.5 Å². The summed E-state index contributed by atoms with van der Waals surface area (Å²) in [6, 6.07) is 71.4. The monoisotopic (exact) mass is 851 g/mol. The van der Waals surface area contributed by atoms with Crippen molar-refractivity contribution in [3.05, 3.63) is 244 Å². The van der Waals surface area contributed by atoms with Gasteiger partial charge in [0.25, 0.3) is 0 Å². The number of allylic oxidation sites excluding steroid dienone is 1. The van der Waals surface area contributed by atoms with Gasteiger partial charge in [-0.05, 0) is 151 Å². The van der Waals surface area contributed by atoms with Gasteiger partial charge in [0, 0.05) is 23.5 Å². The summed E-state index contributed by atoms with van der Waals surface area (Å²) in [5.74, 6) is 1.18. The van der Waals surface area contributed by atoms with Crippen LogP contribution in [0, 0.1) is 11.8 Å². The minimum absolute atomic E-state index is 0.0653. The molecule has 3 aliphatic carbocycles. The van der Waals surface area contributed by atoms with Gasteiger partial charge in [-0.1, -0.05) is 208 Å². The fraction of sp³-hybridized carbons (Fsp3) is 0.215. The molecule has 8 aromatic carbocycles. The van der Waals surface area contributed by atoms with Gasteiger partial charge >= 0.3 is 0 Å². The first-order valence-electron chi connectivity index (χ1n) is 24.6. The summed E-state index contributed by atoms with van der Waals surface area (Å²) in [5, 5.41) is 0. The van der Waals surface area contributed by atoms with Crippen LogP contribution < -0.4 is 0 Å². The van der Waals surface area contributed by atoms with Gasteiger partial charge in [0.15, 0.2) is 0 Å². The highest BCUT2D eigenvalue weighted by atomic mass is 14.8. The lowest BCUT2D eigenvalue weighted by Gasteiger charge is -2.31. The van der Waals surface area contributed by atoms with E-state index in [9.17, 15) is 0 Å². The Labute approximate surface area is 391 Å². The zero-order chi connectivity index (χ0) is 44.1. The summed E-state index contributed by atoms with van der Waals surface area (Å²) in [6.45, 7) is 4.77. The minimum Gasteiger partial charge on any atom is -0.285 e. The maximum atomic E-state index is 5.92. The van der Waals surface area contributed by atoms with Crippen LogP contribution in [0.3, 0.4) is 0 Å². The highest BCUT2D eigenvalue weighted by Gasteiger charge is 2.37. The second kappa shape index (κ2) is 17.2. The smallest absolute Gasteiger partial charge is 0.0816 e. The molecule has 5 atom stereocenters. The average Bonchev–Trinajstić information content (AvgIpc) is 3.85. The molecule has 0 aromatic heterocycles. The van der Waals surface area contributed by atoms with Crippen molar-refractivity contribution in [2.45, 2.75) is 76.7 Å². The first kappa shape index (κ1) is 40.7. The molecule has 4 aliphatic rings. The van der Waals surface area contributed by atoms with Crippen LogP contribution in [0.15, 0.2) is 199 Å². The van der Waals surface area contributed by atoms with Gasteiger partial charge in [-0.3, -0.25) is 4.99 Å². The summed E-state index contributed by atoms with van der Waals surface area (Å²) in [5.41, 5.74) is 26.9. The third-order valence-electron chi connectivity index (χ3n) is 15.8. The molecule has 0 saturated heterocycles. The number of rotatable bonds is 8. The number of aryl methyl sites for hydroxylation is 1. The Balaban J connectivity index is 0.951. The second-order valence-electron chi connectivity index (χ2n) is 19.4. The van der Waals surface area contributed by atoms with Crippen molar-refractivity contribution in [2.75, 3.05) is 0 Å². The molecule has 322 valence electrons. The van der Waals surface area contributed by atoms with Crippen LogP contribution in [0.5, 0.6) is 0 Å². The Hall–Kier alpha value is -6.83. The van der Waals surface area contributed by atoms with Crippen LogP contribution in [0.4, 0.5) is 0 Å². The van der Waals surface area contributed by atoms with E-state index in [0.29, 0.717) is 11.8 Å². The van der Waals surface area contributed by atoms with Crippen molar-refractivity contribution in [2.24, 2.45) is 16.8 Å². The maximum absolute atomic E-state index is 5.92. The molecule has 66 heavy (non-hydrogen) atoms. The van der Waals surface area contributed by atoms with Crippen LogP contribution in [-0.2, 0) is 12.8 Å². The van der Waals surface area contributed by atoms with E-state index in [-0.39, 0.29) is 17.9 Å². The van der Waals surface area contributed by atoms with Crippen molar-refractivity contribution in [1.29, 1.82) is 0 Å². The van der Waals surface area contributed by atoms with E-state index in [1.54, 1.807) is 0 Å². The summed E-state index contributed by atoms with van der Waals surface area (Å²) in [4.78, 5) is 5.92. The number of aliphatic imine (C=N–C) groups is 1. The SMILES string of the molecule is CCC1/C(c2ccccc2)=C/CC(C)C(CCC2c3ccccc3-c3ccc4c(c32)-c2ccccc2CCC4c2cccc(-c3cccc4c3Cc3ccccc3-4)c2)=NC1c1ccccc1. The lowest BCUT2D eigenvalue weighted by atomic mass is 9.77. The molecule has 1 heteroatoms. The topological polar surface area (TPSA) is 12.4 Å². The molecule has 5 unspecified atom stereocenters. The van der Waals surface area contributed by atoms with Crippen LogP contribution in [0.2, 0.25) is 0 Å².